The van der Waals surface area contributed by atoms with E-state index in [0.29, 0.717) is 22.9 Å². The highest BCUT2D eigenvalue weighted by atomic mass is 35.5. The van der Waals surface area contributed by atoms with Crippen LogP contribution in [-0.2, 0) is 5.38 Å². The minimum absolute atomic E-state index is 0.0192. The van der Waals surface area contributed by atoms with E-state index in [1.54, 1.807) is 12.1 Å². The van der Waals surface area contributed by atoms with Crippen molar-refractivity contribution in [3.05, 3.63) is 54.0 Å². The van der Waals surface area contributed by atoms with E-state index in [1.165, 1.54) is 45.8 Å². The van der Waals surface area contributed by atoms with Gasteiger partial charge in [0.15, 0.2) is 28.6 Å². The molecule has 12 heteroatoms. The maximum absolute atomic E-state index is 14.1. The summed E-state index contributed by atoms with van der Waals surface area (Å²) < 4.78 is 50.0. The molecule has 0 saturated carbocycles. The van der Waals surface area contributed by atoms with Gasteiger partial charge in [-0.15, -0.1) is 0 Å². The van der Waals surface area contributed by atoms with Gasteiger partial charge in [-0.2, -0.15) is 13.9 Å². The smallest absolute Gasteiger partial charge is 0.364 e. The summed E-state index contributed by atoms with van der Waals surface area (Å²) in [5.41, 5.74) is -0.449. The Morgan fingerprint density at radius 3 is 2.36 bits per heavy atom. The Kier molecular flexibility index (Phi) is 5.81. The van der Waals surface area contributed by atoms with Crippen LogP contribution in [0.1, 0.15) is 16.2 Å². The summed E-state index contributed by atoms with van der Waals surface area (Å²) >= 11 is 5.29. The van der Waals surface area contributed by atoms with Crippen LogP contribution in [0.3, 0.4) is 0 Å². The summed E-state index contributed by atoms with van der Waals surface area (Å²) in [4.78, 5) is 17.1. The maximum atomic E-state index is 14.1. The fourth-order valence-electron chi connectivity index (χ4n) is 3.19. The predicted octanol–water partition coefficient (Wildman–Crippen LogP) is 4.56. The Hall–Kier alpha value is -3.86. The average Bonchev–Trinajstić information content (AvgIpc) is 3.46. The van der Waals surface area contributed by atoms with Crippen molar-refractivity contribution in [1.29, 1.82) is 0 Å². The number of methoxy groups -OCH3 is 3. The lowest BCUT2D eigenvalue weighted by atomic mass is 10.2. The molecule has 0 aliphatic rings. The van der Waals surface area contributed by atoms with Gasteiger partial charge in [-0.25, -0.2) is 9.50 Å². The number of fused-ring (bicyclic) bond motifs is 1. The summed E-state index contributed by atoms with van der Waals surface area (Å²) in [5.74, 6) is 0.545. The molecule has 1 aromatic carbocycles. The molecule has 0 atom stereocenters. The van der Waals surface area contributed by atoms with Crippen molar-refractivity contribution >= 4 is 28.8 Å². The number of halogens is 3. The summed E-state index contributed by atoms with van der Waals surface area (Å²) in [5, 5.41) is 2.82. The number of ether oxygens (including phenoxy) is 3. The van der Waals surface area contributed by atoms with E-state index < -0.39 is 17.0 Å². The molecule has 4 rings (SSSR count). The van der Waals surface area contributed by atoms with Crippen molar-refractivity contribution in [3.63, 3.8) is 0 Å². The molecule has 1 amide bonds. The number of carbonyl (C=O) groups is 1. The monoisotopic (exact) mass is 478 g/mol. The first-order chi connectivity index (χ1) is 15.7. The van der Waals surface area contributed by atoms with Gasteiger partial charge in [0.25, 0.3) is 5.91 Å². The van der Waals surface area contributed by atoms with Crippen LogP contribution >= 0.6 is 11.6 Å². The number of furan rings is 1. The zero-order chi connectivity index (χ0) is 23.8. The molecule has 3 heterocycles. The molecule has 172 valence electrons. The third-order valence-corrected chi connectivity index (χ3v) is 4.84. The van der Waals surface area contributed by atoms with Gasteiger partial charge in [0.2, 0.25) is 5.75 Å². The highest BCUT2D eigenvalue weighted by Gasteiger charge is 2.33. The normalized spacial score (nSPS) is 11.5. The van der Waals surface area contributed by atoms with E-state index in [-0.39, 0.29) is 22.8 Å². The molecule has 33 heavy (non-hydrogen) atoms. The average molecular weight is 479 g/mol. The number of alkyl halides is 3. The summed E-state index contributed by atoms with van der Waals surface area (Å²) in [6.07, 6.45) is 1.38. The lowest BCUT2D eigenvalue weighted by Crippen LogP contribution is -2.15. The van der Waals surface area contributed by atoms with E-state index in [4.69, 9.17) is 30.2 Å². The third-order valence-electron chi connectivity index (χ3n) is 4.65. The molecule has 0 aliphatic heterocycles. The zero-order valence-corrected chi connectivity index (χ0v) is 18.3. The first kappa shape index (κ1) is 22.3. The van der Waals surface area contributed by atoms with Gasteiger partial charge in [0, 0.05) is 23.9 Å². The number of amides is 1. The number of aromatic nitrogens is 3. The molecule has 1 N–H and O–H groups in total. The second kappa shape index (κ2) is 8.58. The fourth-order valence-corrected chi connectivity index (χ4v) is 3.32. The Bertz CT molecular complexity index is 1290. The second-order valence-corrected chi connectivity index (χ2v) is 7.14. The number of hydrogen-bond donors (Lipinski definition) is 1. The largest absolute Gasteiger partial charge is 0.493 e. The van der Waals surface area contributed by atoms with E-state index in [0.717, 1.165) is 10.6 Å². The Balaban J connectivity index is 1.74. The fraction of sp³-hybridized carbons (Fsp3) is 0.190. The first-order valence-electron chi connectivity index (χ1n) is 9.38. The van der Waals surface area contributed by atoms with Crippen molar-refractivity contribution in [1.82, 2.24) is 14.6 Å². The van der Waals surface area contributed by atoms with Gasteiger partial charge in [-0.05, 0) is 29.8 Å². The quantitative estimate of drug-likeness (QED) is 0.389. The van der Waals surface area contributed by atoms with Crippen LogP contribution < -0.4 is 19.5 Å². The lowest BCUT2D eigenvalue weighted by molar-refractivity contribution is 0.0869. The molecular weight excluding hydrogens is 462 g/mol. The van der Waals surface area contributed by atoms with E-state index in [1.807, 2.05) is 0 Å². The minimum Gasteiger partial charge on any atom is -0.493 e. The van der Waals surface area contributed by atoms with Crippen molar-refractivity contribution in [2.45, 2.75) is 5.38 Å². The molecular formula is C21H17ClF2N4O5. The molecule has 3 aromatic heterocycles. The van der Waals surface area contributed by atoms with Crippen molar-refractivity contribution < 1.29 is 32.2 Å². The van der Waals surface area contributed by atoms with Crippen LogP contribution in [-0.4, -0.2) is 41.8 Å². The predicted molar refractivity (Wildman–Crippen MR) is 114 cm³/mol. The number of nitrogens with zero attached hydrogens (tertiary/aromatic N) is 3. The standard InChI is InChI=1S/C21H17ClF2N4O5/c1-30-15-7-11(8-16(31-2)19(15)32-3)25-20(29)13-10-18-26-12(14-5-4-6-33-14)9-17(21(22,23)24)28(18)27-13/h4-10H,1-3H3,(H,25,29). The highest BCUT2D eigenvalue weighted by molar-refractivity contribution is 6.21. The minimum atomic E-state index is -3.78. The number of nitrogens with one attached hydrogen (secondary N) is 1. The molecule has 0 spiro atoms. The van der Waals surface area contributed by atoms with Crippen LogP contribution in [0.15, 0.2) is 47.1 Å². The molecule has 0 bridgehead atoms. The van der Waals surface area contributed by atoms with Crippen LogP contribution in [0.25, 0.3) is 17.1 Å². The van der Waals surface area contributed by atoms with Crippen molar-refractivity contribution in [2.75, 3.05) is 26.6 Å². The van der Waals surface area contributed by atoms with Crippen LogP contribution in [0.4, 0.5) is 14.5 Å². The zero-order valence-electron chi connectivity index (χ0n) is 17.6. The lowest BCUT2D eigenvalue weighted by Gasteiger charge is -2.14. The van der Waals surface area contributed by atoms with Gasteiger partial charge in [0.1, 0.15) is 11.4 Å². The van der Waals surface area contributed by atoms with Crippen LogP contribution in [0.5, 0.6) is 17.2 Å². The van der Waals surface area contributed by atoms with Crippen molar-refractivity contribution in [2.24, 2.45) is 0 Å². The first-order valence-corrected chi connectivity index (χ1v) is 9.76. The van der Waals surface area contributed by atoms with Gasteiger partial charge in [-0.1, -0.05) is 0 Å². The SMILES string of the molecule is COc1cc(NC(=O)c2cc3nc(-c4ccco4)cc(C(F)(F)Cl)n3n2)cc(OC)c1OC. The topological polar surface area (TPSA) is 100 Å². The van der Waals surface area contributed by atoms with Crippen molar-refractivity contribution in [3.8, 4) is 28.7 Å². The molecule has 0 fully saturated rings. The number of hydrogen-bond acceptors (Lipinski definition) is 7. The Morgan fingerprint density at radius 1 is 1.12 bits per heavy atom. The van der Waals surface area contributed by atoms with E-state index in [9.17, 15) is 13.6 Å². The third kappa shape index (κ3) is 4.27. The van der Waals surface area contributed by atoms with Gasteiger partial charge in [0.05, 0.1) is 27.6 Å². The summed E-state index contributed by atoms with van der Waals surface area (Å²) in [7, 11) is 4.31. The number of anilines is 1. The number of carbonyl (C=O) groups excluding carboxylic acids is 1. The van der Waals surface area contributed by atoms with Crippen LogP contribution in [0.2, 0.25) is 0 Å². The van der Waals surface area contributed by atoms with Gasteiger partial charge in [-0.3, -0.25) is 4.79 Å². The van der Waals surface area contributed by atoms with E-state index >= 15 is 0 Å². The summed E-state index contributed by atoms with van der Waals surface area (Å²) in [6, 6.07) is 8.48. The molecule has 9 nitrogen and oxygen atoms in total. The highest BCUT2D eigenvalue weighted by Crippen LogP contribution is 2.40. The molecule has 0 aliphatic carbocycles. The molecule has 4 aromatic rings. The second-order valence-electron chi connectivity index (χ2n) is 6.67. The Labute approximate surface area is 190 Å². The summed E-state index contributed by atoms with van der Waals surface area (Å²) in [6.45, 7) is 0. The van der Waals surface area contributed by atoms with E-state index in [2.05, 4.69) is 15.4 Å². The molecule has 0 radical (unpaired) electrons. The van der Waals surface area contributed by atoms with Gasteiger partial charge < -0.3 is 23.9 Å². The number of benzene rings is 1. The number of rotatable bonds is 7. The Morgan fingerprint density at radius 2 is 1.82 bits per heavy atom. The maximum Gasteiger partial charge on any atom is 0.364 e. The molecule has 0 unspecified atom stereocenters. The molecule has 0 saturated heterocycles. The van der Waals surface area contributed by atoms with Gasteiger partial charge >= 0.3 is 5.38 Å². The van der Waals surface area contributed by atoms with Crippen LogP contribution in [0, 0.1) is 0 Å².